The van der Waals surface area contributed by atoms with Gasteiger partial charge in [-0.25, -0.2) is 4.98 Å². The molecule has 0 unspecified atom stereocenters. The number of nitrogens with one attached hydrogen (secondary N) is 2. The minimum atomic E-state index is 0.539. The van der Waals surface area contributed by atoms with Gasteiger partial charge in [0, 0.05) is 30.1 Å². The molecule has 22 heavy (non-hydrogen) atoms. The number of benzene rings is 2. The number of fused-ring (bicyclic) bond motifs is 2. The molecule has 4 nitrogen and oxygen atoms in total. The Morgan fingerprint density at radius 2 is 2.05 bits per heavy atom. The summed E-state index contributed by atoms with van der Waals surface area (Å²) in [5.74, 6) is 0.974. The molecule has 0 aliphatic rings. The van der Waals surface area contributed by atoms with Gasteiger partial charge in [-0.2, -0.15) is 0 Å². The summed E-state index contributed by atoms with van der Waals surface area (Å²) in [4.78, 5) is 11.4. The third kappa shape index (κ3) is 2.00. The summed E-state index contributed by atoms with van der Waals surface area (Å²) < 4.78 is 0. The van der Waals surface area contributed by atoms with E-state index in [0.29, 0.717) is 6.54 Å². The molecule has 0 spiro atoms. The molecular weight excluding hydrogens is 272 g/mol. The van der Waals surface area contributed by atoms with Crippen LogP contribution in [0.5, 0.6) is 0 Å². The third-order valence-corrected chi connectivity index (χ3v) is 4.25. The summed E-state index contributed by atoms with van der Waals surface area (Å²) in [7, 11) is 0. The molecule has 4 heteroatoms. The fourth-order valence-corrected chi connectivity index (χ4v) is 3.19. The zero-order valence-corrected chi connectivity index (χ0v) is 12.5. The third-order valence-electron chi connectivity index (χ3n) is 4.25. The predicted molar refractivity (Wildman–Crippen MR) is 89.8 cm³/mol. The Balaban J connectivity index is 1.86. The van der Waals surface area contributed by atoms with E-state index >= 15 is 0 Å². The van der Waals surface area contributed by atoms with Gasteiger partial charge in [-0.05, 0) is 41.8 Å². The lowest BCUT2D eigenvalue weighted by atomic mass is 9.97. The Bertz CT molecular complexity index is 929. The first-order valence-electron chi connectivity index (χ1n) is 7.48. The summed E-state index contributed by atoms with van der Waals surface area (Å²) in [5.41, 5.74) is 12.9. The second kappa shape index (κ2) is 5.00. The SMILES string of the molecule is Cc1cc(CN)c(Cc2nc3ccccc3[nH]2)c2cc[nH]c12. The van der Waals surface area contributed by atoms with Crippen molar-refractivity contribution in [2.24, 2.45) is 5.73 Å². The number of H-pyrrole nitrogens is 2. The average molecular weight is 290 g/mol. The van der Waals surface area contributed by atoms with E-state index in [4.69, 9.17) is 10.7 Å². The second-order valence-corrected chi connectivity index (χ2v) is 5.68. The minimum Gasteiger partial charge on any atom is -0.361 e. The van der Waals surface area contributed by atoms with Crippen molar-refractivity contribution in [3.05, 3.63) is 65.1 Å². The topological polar surface area (TPSA) is 70.5 Å². The Morgan fingerprint density at radius 3 is 2.86 bits per heavy atom. The van der Waals surface area contributed by atoms with Gasteiger partial charge in [-0.15, -0.1) is 0 Å². The molecule has 4 N–H and O–H groups in total. The molecule has 0 atom stereocenters. The van der Waals surface area contributed by atoms with Crippen LogP contribution in [0.3, 0.4) is 0 Å². The number of aromatic nitrogens is 3. The molecule has 0 saturated heterocycles. The largest absolute Gasteiger partial charge is 0.361 e. The Labute approximate surface area is 128 Å². The fraction of sp³-hybridized carbons (Fsp3) is 0.167. The average Bonchev–Trinajstić information content (AvgIpc) is 3.15. The number of nitrogens with two attached hydrogens (primary N) is 1. The summed E-state index contributed by atoms with van der Waals surface area (Å²) in [6, 6.07) is 12.4. The number of hydrogen-bond acceptors (Lipinski definition) is 2. The monoisotopic (exact) mass is 290 g/mol. The Hall–Kier alpha value is -2.59. The smallest absolute Gasteiger partial charge is 0.111 e. The first kappa shape index (κ1) is 13.1. The summed E-state index contributed by atoms with van der Waals surface area (Å²) in [6.07, 6.45) is 2.75. The highest BCUT2D eigenvalue weighted by Crippen LogP contribution is 2.27. The zero-order chi connectivity index (χ0) is 15.1. The van der Waals surface area contributed by atoms with E-state index in [9.17, 15) is 0 Å². The van der Waals surface area contributed by atoms with Crippen LogP contribution in [-0.2, 0) is 13.0 Å². The van der Waals surface area contributed by atoms with Gasteiger partial charge in [-0.1, -0.05) is 18.2 Å². The molecule has 0 aliphatic heterocycles. The first-order valence-corrected chi connectivity index (χ1v) is 7.48. The number of para-hydroxylation sites is 2. The van der Waals surface area contributed by atoms with Crippen molar-refractivity contribution in [2.75, 3.05) is 0 Å². The Morgan fingerprint density at radius 1 is 1.18 bits per heavy atom. The van der Waals surface area contributed by atoms with Gasteiger partial charge in [0.15, 0.2) is 0 Å². The van der Waals surface area contributed by atoms with Gasteiger partial charge in [0.05, 0.1) is 11.0 Å². The molecule has 0 bridgehead atoms. The van der Waals surface area contributed by atoms with Crippen molar-refractivity contribution < 1.29 is 0 Å². The predicted octanol–water partition coefficient (Wildman–Crippen LogP) is 3.40. The molecule has 0 fully saturated rings. The molecule has 0 radical (unpaired) electrons. The van der Waals surface area contributed by atoms with Gasteiger partial charge in [0.1, 0.15) is 5.82 Å². The number of hydrogen-bond donors (Lipinski definition) is 3. The van der Waals surface area contributed by atoms with Crippen LogP contribution in [-0.4, -0.2) is 15.0 Å². The van der Waals surface area contributed by atoms with Crippen LogP contribution in [0.25, 0.3) is 21.9 Å². The van der Waals surface area contributed by atoms with Crippen LogP contribution in [0.1, 0.15) is 22.5 Å². The van der Waals surface area contributed by atoms with E-state index in [1.165, 1.54) is 27.6 Å². The molecule has 110 valence electrons. The molecule has 0 saturated carbocycles. The van der Waals surface area contributed by atoms with E-state index in [0.717, 1.165) is 23.3 Å². The molecule has 0 aliphatic carbocycles. The number of aromatic amines is 2. The molecule has 4 aromatic rings. The van der Waals surface area contributed by atoms with Crippen LogP contribution in [0.4, 0.5) is 0 Å². The van der Waals surface area contributed by atoms with Crippen molar-refractivity contribution in [3.8, 4) is 0 Å². The maximum atomic E-state index is 5.97. The van der Waals surface area contributed by atoms with Crippen LogP contribution in [0, 0.1) is 6.92 Å². The Kier molecular flexibility index (Phi) is 2.98. The van der Waals surface area contributed by atoms with Crippen molar-refractivity contribution in [1.82, 2.24) is 15.0 Å². The minimum absolute atomic E-state index is 0.539. The van der Waals surface area contributed by atoms with Gasteiger partial charge >= 0.3 is 0 Å². The summed E-state index contributed by atoms with van der Waals surface area (Å²) >= 11 is 0. The van der Waals surface area contributed by atoms with Gasteiger partial charge < -0.3 is 15.7 Å². The van der Waals surface area contributed by atoms with E-state index in [1.54, 1.807) is 0 Å². The molecule has 2 heterocycles. The van der Waals surface area contributed by atoms with E-state index in [2.05, 4.69) is 35.1 Å². The van der Waals surface area contributed by atoms with Gasteiger partial charge in [0.2, 0.25) is 0 Å². The highest BCUT2D eigenvalue weighted by molar-refractivity contribution is 5.87. The van der Waals surface area contributed by atoms with Crippen molar-refractivity contribution in [3.63, 3.8) is 0 Å². The highest BCUT2D eigenvalue weighted by atomic mass is 14.9. The normalized spacial score (nSPS) is 11.5. The molecule has 4 rings (SSSR count). The molecule has 0 amide bonds. The lowest BCUT2D eigenvalue weighted by molar-refractivity contribution is 0.985. The quantitative estimate of drug-likeness (QED) is 0.541. The standard InChI is InChI=1S/C18H18N4/c1-11-8-12(10-19)14(13-6-7-20-18(11)13)9-17-21-15-4-2-3-5-16(15)22-17/h2-8,20H,9-10,19H2,1H3,(H,21,22). The molecule has 2 aromatic carbocycles. The fourth-order valence-electron chi connectivity index (χ4n) is 3.19. The van der Waals surface area contributed by atoms with Crippen LogP contribution < -0.4 is 5.73 Å². The van der Waals surface area contributed by atoms with Crippen molar-refractivity contribution in [1.29, 1.82) is 0 Å². The van der Waals surface area contributed by atoms with Crippen LogP contribution >= 0.6 is 0 Å². The first-order chi connectivity index (χ1) is 10.8. The van der Waals surface area contributed by atoms with Crippen LogP contribution in [0.15, 0.2) is 42.6 Å². The van der Waals surface area contributed by atoms with E-state index < -0.39 is 0 Å². The zero-order valence-electron chi connectivity index (χ0n) is 12.5. The molecule has 2 aromatic heterocycles. The number of aryl methyl sites for hydroxylation is 1. The van der Waals surface area contributed by atoms with E-state index in [1.807, 2.05) is 24.4 Å². The lowest BCUT2D eigenvalue weighted by Gasteiger charge is -2.10. The van der Waals surface area contributed by atoms with Crippen LogP contribution in [0.2, 0.25) is 0 Å². The number of nitrogens with zero attached hydrogens (tertiary/aromatic N) is 1. The van der Waals surface area contributed by atoms with Gasteiger partial charge in [-0.3, -0.25) is 0 Å². The maximum absolute atomic E-state index is 5.97. The van der Waals surface area contributed by atoms with Crippen molar-refractivity contribution in [2.45, 2.75) is 19.9 Å². The van der Waals surface area contributed by atoms with Gasteiger partial charge in [0.25, 0.3) is 0 Å². The molecular formula is C18H18N4. The van der Waals surface area contributed by atoms with Crippen molar-refractivity contribution >= 4 is 21.9 Å². The second-order valence-electron chi connectivity index (χ2n) is 5.68. The number of rotatable bonds is 3. The van der Waals surface area contributed by atoms with E-state index in [-0.39, 0.29) is 0 Å². The lowest BCUT2D eigenvalue weighted by Crippen LogP contribution is -2.04. The highest BCUT2D eigenvalue weighted by Gasteiger charge is 2.13. The number of imidazole rings is 1. The maximum Gasteiger partial charge on any atom is 0.111 e. The summed E-state index contributed by atoms with van der Waals surface area (Å²) in [5, 5.41) is 1.24. The summed E-state index contributed by atoms with van der Waals surface area (Å²) in [6.45, 7) is 2.65.